The maximum absolute atomic E-state index is 12.2. The molecule has 2 rings (SSSR count). The second-order valence-corrected chi connectivity index (χ2v) is 6.19. The predicted octanol–water partition coefficient (Wildman–Crippen LogP) is 3.94. The summed E-state index contributed by atoms with van der Waals surface area (Å²) >= 11 is 6.04. The number of aryl methyl sites for hydroxylation is 2. The average molecular weight is 377 g/mol. The largest absolute Gasteiger partial charge is 0.495 e. The Morgan fingerprint density at radius 1 is 0.923 bits per heavy atom. The van der Waals surface area contributed by atoms with Crippen molar-refractivity contribution >= 4 is 34.8 Å². The molecule has 0 unspecified atom stereocenters. The van der Waals surface area contributed by atoms with Gasteiger partial charge in [-0.3, -0.25) is 9.59 Å². The van der Waals surface area contributed by atoms with Crippen LogP contribution in [0.3, 0.4) is 0 Å². The zero-order valence-corrected chi connectivity index (χ0v) is 15.9. The first-order chi connectivity index (χ1) is 12.3. The summed E-state index contributed by atoms with van der Waals surface area (Å²) in [6, 6.07) is 8.74. The number of amides is 2. The van der Waals surface area contributed by atoms with Crippen LogP contribution in [-0.2, 0) is 9.59 Å². The van der Waals surface area contributed by atoms with Gasteiger partial charge in [0, 0.05) is 17.8 Å². The second-order valence-electron chi connectivity index (χ2n) is 5.78. The van der Waals surface area contributed by atoms with Crippen LogP contribution < -0.4 is 20.1 Å². The fourth-order valence-corrected chi connectivity index (χ4v) is 2.68. The molecule has 0 radical (unpaired) electrons. The number of carbonyl (C=O) groups is 2. The average Bonchev–Trinajstić information content (AvgIpc) is 2.58. The van der Waals surface area contributed by atoms with E-state index in [0.29, 0.717) is 27.9 Å². The molecule has 0 aromatic heterocycles. The van der Waals surface area contributed by atoms with Crippen LogP contribution in [0.1, 0.15) is 17.5 Å². The number of ether oxygens (including phenoxy) is 2. The molecule has 0 saturated heterocycles. The first-order valence-electron chi connectivity index (χ1n) is 7.92. The molecule has 0 spiro atoms. The molecule has 2 amide bonds. The Bertz CT molecular complexity index is 837. The molecular weight excluding hydrogens is 356 g/mol. The third-order valence-electron chi connectivity index (χ3n) is 3.73. The minimum Gasteiger partial charge on any atom is -0.495 e. The van der Waals surface area contributed by atoms with Gasteiger partial charge >= 0.3 is 0 Å². The van der Waals surface area contributed by atoms with Crippen molar-refractivity contribution in [2.24, 2.45) is 0 Å². The van der Waals surface area contributed by atoms with Gasteiger partial charge in [0.15, 0.2) is 0 Å². The van der Waals surface area contributed by atoms with Crippen LogP contribution in [0.2, 0.25) is 5.02 Å². The molecule has 138 valence electrons. The van der Waals surface area contributed by atoms with E-state index >= 15 is 0 Å². The third kappa shape index (κ3) is 4.89. The molecule has 0 saturated carbocycles. The molecule has 0 bridgehead atoms. The van der Waals surface area contributed by atoms with Crippen molar-refractivity contribution < 1.29 is 19.1 Å². The predicted molar refractivity (Wildman–Crippen MR) is 102 cm³/mol. The fourth-order valence-electron chi connectivity index (χ4n) is 2.45. The zero-order chi connectivity index (χ0) is 19.3. The van der Waals surface area contributed by atoms with Crippen molar-refractivity contribution in [3.05, 3.63) is 46.5 Å². The number of hydrogen-bond acceptors (Lipinski definition) is 4. The zero-order valence-electron chi connectivity index (χ0n) is 15.1. The number of methoxy groups -OCH3 is 2. The highest BCUT2D eigenvalue weighted by atomic mass is 35.5. The summed E-state index contributed by atoms with van der Waals surface area (Å²) in [4.78, 5) is 24.3. The van der Waals surface area contributed by atoms with Gasteiger partial charge in [0.05, 0.1) is 24.9 Å². The summed E-state index contributed by atoms with van der Waals surface area (Å²) in [6.07, 6.45) is -0.332. The van der Waals surface area contributed by atoms with Crippen molar-refractivity contribution in [2.45, 2.75) is 20.3 Å². The van der Waals surface area contributed by atoms with E-state index in [-0.39, 0.29) is 6.42 Å². The maximum atomic E-state index is 12.2. The van der Waals surface area contributed by atoms with Gasteiger partial charge in [-0.2, -0.15) is 0 Å². The molecule has 0 aliphatic heterocycles. The van der Waals surface area contributed by atoms with Crippen molar-refractivity contribution in [1.29, 1.82) is 0 Å². The lowest BCUT2D eigenvalue weighted by atomic mass is 10.1. The SMILES string of the molecule is COc1cc(NC(=O)CC(=O)Nc2ccc(C)cc2C)c(OC)cc1Cl. The highest BCUT2D eigenvalue weighted by molar-refractivity contribution is 6.32. The van der Waals surface area contributed by atoms with E-state index in [1.165, 1.54) is 20.3 Å². The first-order valence-corrected chi connectivity index (χ1v) is 8.30. The van der Waals surface area contributed by atoms with Gasteiger partial charge in [-0.05, 0) is 25.5 Å². The molecule has 0 heterocycles. The van der Waals surface area contributed by atoms with E-state index in [0.717, 1.165) is 11.1 Å². The third-order valence-corrected chi connectivity index (χ3v) is 4.02. The van der Waals surface area contributed by atoms with Crippen molar-refractivity contribution in [2.75, 3.05) is 24.9 Å². The smallest absolute Gasteiger partial charge is 0.233 e. The number of nitrogens with one attached hydrogen (secondary N) is 2. The summed E-state index contributed by atoms with van der Waals surface area (Å²) in [5.41, 5.74) is 3.09. The minimum atomic E-state index is -0.477. The van der Waals surface area contributed by atoms with Gasteiger partial charge in [-0.1, -0.05) is 29.3 Å². The van der Waals surface area contributed by atoms with Crippen molar-refractivity contribution in [1.82, 2.24) is 0 Å². The van der Waals surface area contributed by atoms with Crippen molar-refractivity contribution in [3.63, 3.8) is 0 Å². The summed E-state index contributed by atoms with van der Waals surface area (Å²) in [5.74, 6) is -0.120. The van der Waals surface area contributed by atoms with Crippen LogP contribution in [0.15, 0.2) is 30.3 Å². The number of halogens is 1. The standard InChI is InChI=1S/C19H21ClN2O4/c1-11-5-6-14(12(2)7-11)21-18(23)10-19(24)22-15-9-16(25-3)13(20)8-17(15)26-4/h5-9H,10H2,1-4H3,(H,21,23)(H,22,24). The van der Waals surface area contributed by atoms with E-state index in [2.05, 4.69) is 10.6 Å². The van der Waals surface area contributed by atoms with E-state index < -0.39 is 11.8 Å². The molecule has 26 heavy (non-hydrogen) atoms. The second kappa shape index (κ2) is 8.58. The normalized spacial score (nSPS) is 10.2. The summed E-state index contributed by atoms with van der Waals surface area (Å²) in [5, 5.41) is 5.73. The summed E-state index contributed by atoms with van der Waals surface area (Å²) in [7, 11) is 2.93. The summed E-state index contributed by atoms with van der Waals surface area (Å²) in [6.45, 7) is 3.87. The lowest BCUT2D eigenvalue weighted by Crippen LogP contribution is -2.22. The van der Waals surface area contributed by atoms with Crippen molar-refractivity contribution in [3.8, 4) is 11.5 Å². The van der Waals surface area contributed by atoms with Crippen LogP contribution >= 0.6 is 11.6 Å². The Morgan fingerprint density at radius 3 is 2.12 bits per heavy atom. The molecule has 6 nitrogen and oxygen atoms in total. The topological polar surface area (TPSA) is 76.7 Å². The van der Waals surface area contributed by atoms with E-state index in [4.69, 9.17) is 21.1 Å². The molecule has 2 aromatic rings. The van der Waals surface area contributed by atoms with Gasteiger partial charge in [-0.15, -0.1) is 0 Å². The molecular formula is C19H21ClN2O4. The minimum absolute atomic E-state index is 0.332. The van der Waals surface area contributed by atoms with E-state index in [1.54, 1.807) is 6.07 Å². The number of hydrogen-bond donors (Lipinski definition) is 2. The Labute approximate surface area is 157 Å². The Morgan fingerprint density at radius 2 is 1.54 bits per heavy atom. The Balaban J connectivity index is 2.05. The van der Waals surface area contributed by atoms with Gasteiger partial charge in [0.1, 0.15) is 17.9 Å². The maximum Gasteiger partial charge on any atom is 0.233 e. The number of carbonyl (C=O) groups excluding carboxylic acids is 2. The number of rotatable bonds is 6. The van der Waals surface area contributed by atoms with Gasteiger partial charge in [-0.25, -0.2) is 0 Å². The molecule has 0 atom stereocenters. The van der Waals surface area contributed by atoms with E-state index in [9.17, 15) is 9.59 Å². The van der Waals surface area contributed by atoms with E-state index in [1.807, 2.05) is 32.0 Å². The van der Waals surface area contributed by atoms with Crippen LogP contribution in [0.25, 0.3) is 0 Å². The number of benzene rings is 2. The fraction of sp³-hybridized carbons (Fsp3) is 0.263. The van der Waals surface area contributed by atoms with Gasteiger partial charge < -0.3 is 20.1 Å². The highest BCUT2D eigenvalue weighted by Crippen LogP contribution is 2.35. The highest BCUT2D eigenvalue weighted by Gasteiger charge is 2.15. The molecule has 0 aliphatic carbocycles. The van der Waals surface area contributed by atoms with Gasteiger partial charge in [0.25, 0.3) is 0 Å². The first kappa shape index (κ1) is 19.6. The lowest BCUT2D eigenvalue weighted by molar-refractivity contribution is -0.123. The van der Waals surface area contributed by atoms with Crippen LogP contribution in [0.5, 0.6) is 11.5 Å². The van der Waals surface area contributed by atoms with Crippen LogP contribution in [0.4, 0.5) is 11.4 Å². The quantitative estimate of drug-likeness (QED) is 0.748. The lowest BCUT2D eigenvalue weighted by Gasteiger charge is -2.13. The van der Waals surface area contributed by atoms with Gasteiger partial charge in [0.2, 0.25) is 11.8 Å². The molecule has 7 heteroatoms. The molecule has 0 aliphatic rings. The monoisotopic (exact) mass is 376 g/mol. The molecule has 2 N–H and O–H groups in total. The molecule has 0 fully saturated rings. The van der Waals surface area contributed by atoms with Crippen LogP contribution in [-0.4, -0.2) is 26.0 Å². The number of anilines is 2. The summed E-state index contributed by atoms with van der Waals surface area (Å²) < 4.78 is 10.3. The van der Waals surface area contributed by atoms with Crippen LogP contribution in [0, 0.1) is 13.8 Å². The Kier molecular flexibility index (Phi) is 6.46. The molecule has 2 aromatic carbocycles. The Hall–Kier alpha value is -2.73.